The van der Waals surface area contributed by atoms with Gasteiger partial charge in [0.2, 0.25) is 0 Å². The van der Waals surface area contributed by atoms with E-state index in [9.17, 15) is 9.59 Å². The molecule has 5 nitrogen and oxygen atoms in total. The van der Waals surface area contributed by atoms with Gasteiger partial charge in [-0.3, -0.25) is 9.69 Å². The van der Waals surface area contributed by atoms with Gasteiger partial charge in [0, 0.05) is 28.8 Å². The number of aryl methyl sites for hydroxylation is 2. The third kappa shape index (κ3) is 5.16. The molecule has 22 heavy (non-hydrogen) atoms. The lowest BCUT2D eigenvalue weighted by atomic mass is 10.1. The van der Waals surface area contributed by atoms with Crippen molar-refractivity contribution >= 4 is 39.3 Å². The number of anilines is 1. The lowest BCUT2D eigenvalue weighted by molar-refractivity contribution is -0.143. The maximum absolute atomic E-state index is 12.3. The summed E-state index contributed by atoms with van der Waals surface area (Å²) in [6, 6.07) is 5.01. The van der Waals surface area contributed by atoms with Crippen molar-refractivity contribution in [3.63, 3.8) is 0 Å². The van der Waals surface area contributed by atoms with Crippen molar-refractivity contribution in [2.24, 2.45) is 0 Å². The molecule has 0 radical (unpaired) electrons. The molecule has 1 rings (SSSR count). The van der Waals surface area contributed by atoms with Gasteiger partial charge in [-0.1, -0.05) is 18.2 Å². The van der Waals surface area contributed by atoms with E-state index in [0.717, 1.165) is 16.8 Å². The minimum absolute atomic E-state index is 0.0882. The SMILES string of the molecule is COCC(=O)N(c1c(C)cccc1C)[C@@H](C)C(=O)OC.ClCl. The highest BCUT2D eigenvalue weighted by Gasteiger charge is 2.29. The molecule has 0 unspecified atom stereocenters. The number of benzene rings is 1. The van der Waals surface area contributed by atoms with Crippen LogP contribution in [0, 0.1) is 13.8 Å². The Balaban J connectivity index is 0.00000211. The Hall–Kier alpha value is -1.30. The van der Waals surface area contributed by atoms with Crippen LogP contribution in [0.2, 0.25) is 0 Å². The van der Waals surface area contributed by atoms with E-state index in [2.05, 4.69) is 21.7 Å². The zero-order valence-corrected chi connectivity index (χ0v) is 14.9. The molecule has 0 spiro atoms. The third-order valence-corrected chi connectivity index (χ3v) is 3.15. The van der Waals surface area contributed by atoms with Crippen molar-refractivity contribution < 1.29 is 19.1 Å². The number of hydrogen-bond acceptors (Lipinski definition) is 4. The summed E-state index contributed by atoms with van der Waals surface area (Å²) in [5.41, 5.74) is 2.57. The van der Waals surface area contributed by atoms with E-state index in [1.807, 2.05) is 32.0 Å². The van der Waals surface area contributed by atoms with E-state index >= 15 is 0 Å². The molecule has 1 aromatic carbocycles. The van der Waals surface area contributed by atoms with Gasteiger partial charge in [-0.25, -0.2) is 4.79 Å². The Morgan fingerprint density at radius 3 is 2.09 bits per heavy atom. The molecular formula is C15H21Cl2NO4. The first-order valence-electron chi connectivity index (χ1n) is 6.53. The number of halogens is 2. The zero-order valence-electron chi connectivity index (χ0n) is 13.4. The van der Waals surface area contributed by atoms with E-state index in [4.69, 9.17) is 9.47 Å². The molecule has 0 bridgehead atoms. The van der Waals surface area contributed by atoms with Gasteiger partial charge in [-0.05, 0) is 31.9 Å². The number of methoxy groups -OCH3 is 2. The average Bonchev–Trinajstić information content (AvgIpc) is 2.51. The van der Waals surface area contributed by atoms with Gasteiger partial charge in [0.25, 0.3) is 5.91 Å². The molecule has 124 valence electrons. The summed E-state index contributed by atoms with van der Waals surface area (Å²) in [6.07, 6.45) is 0. The molecule has 0 fully saturated rings. The Bertz CT molecular complexity index is 488. The van der Waals surface area contributed by atoms with Crippen LogP contribution in [0.15, 0.2) is 18.2 Å². The van der Waals surface area contributed by atoms with Crippen LogP contribution in [-0.4, -0.2) is 38.7 Å². The maximum Gasteiger partial charge on any atom is 0.328 e. The van der Waals surface area contributed by atoms with E-state index in [1.165, 1.54) is 19.1 Å². The Labute approximate surface area is 140 Å². The van der Waals surface area contributed by atoms with Gasteiger partial charge in [0.1, 0.15) is 12.6 Å². The first-order chi connectivity index (χ1) is 10.4. The Kier molecular flexibility index (Phi) is 9.81. The van der Waals surface area contributed by atoms with Crippen molar-refractivity contribution in [2.75, 3.05) is 25.7 Å². The Morgan fingerprint density at radius 1 is 1.18 bits per heavy atom. The predicted octanol–water partition coefficient (Wildman–Crippen LogP) is 3.22. The van der Waals surface area contributed by atoms with Gasteiger partial charge in [0.15, 0.2) is 0 Å². The summed E-state index contributed by atoms with van der Waals surface area (Å²) in [6.45, 7) is 5.36. The van der Waals surface area contributed by atoms with Crippen molar-refractivity contribution in [1.29, 1.82) is 0 Å². The van der Waals surface area contributed by atoms with Crippen molar-refractivity contribution in [1.82, 2.24) is 0 Å². The molecule has 0 saturated carbocycles. The molecule has 1 aromatic rings. The van der Waals surface area contributed by atoms with Gasteiger partial charge in [-0.15, -0.1) is 0 Å². The van der Waals surface area contributed by atoms with E-state index in [-0.39, 0.29) is 12.5 Å². The molecule has 0 saturated heterocycles. The molecule has 1 atom stereocenters. The molecule has 0 aliphatic carbocycles. The normalized spacial score (nSPS) is 11.0. The quantitative estimate of drug-likeness (QED) is 0.765. The standard InChI is InChI=1S/C15H21NO4.Cl2/c1-10-7-6-8-11(2)14(10)16(13(17)9-19-4)12(3)15(18)20-5;1-2/h6-8,12H,9H2,1-5H3;/t12-;/m0./s1. The fourth-order valence-electron chi connectivity index (χ4n) is 2.19. The summed E-state index contributed by atoms with van der Waals surface area (Å²) >= 11 is 0. The summed E-state index contributed by atoms with van der Waals surface area (Å²) in [4.78, 5) is 25.5. The molecule has 1 amide bonds. The average molecular weight is 350 g/mol. The summed E-state index contributed by atoms with van der Waals surface area (Å²) in [7, 11) is 11.0. The molecular weight excluding hydrogens is 329 g/mol. The molecule has 0 aliphatic heterocycles. The van der Waals surface area contributed by atoms with Crippen molar-refractivity contribution in [2.45, 2.75) is 26.8 Å². The van der Waals surface area contributed by atoms with Gasteiger partial charge < -0.3 is 9.47 Å². The van der Waals surface area contributed by atoms with Crippen molar-refractivity contribution in [3.05, 3.63) is 29.3 Å². The smallest absolute Gasteiger partial charge is 0.328 e. The number of nitrogens with zero attached hydrogens (tertiary/aromatic N) is 1. The minimum atomic E-state index is -0.706. The number of para-hydroxylation sites is 1. The highest BCUT2D eigenvalue weighted by atomic mass is 36.5. The largest absolute Gasteiger partial charge is 0.467 e. The first kappa shape index (κ1) is 20.7. The second kappa shape index (κ2) is 10.4. The second-order valence-corrected chi connectivity index (χ2v) is 4.64. The van der Waals surface area contributed by atoms with Crippen LogP contribution in [-0.2, 0) is 19.1 Å². The number of amides is 1. The fourth-order valence-corrected chi connectivity index (χ4v) is 2.19. The zero-order chi connectivity index (χ0) is 17.3. The number of carbonyl (C=O) groups excluding carboxylic acids is 2. The van der Waals surface area contributed by atoms with E-state index in [0.29, 0.717) is 0 Å². The van der Waals surface area contributed by atoms with Crippen molar-refractivity contribution in [3.8, 4) is 0 Å². The van der Waals surface area contributed by atoms with Crippen LogP contribution in [0.3, 0.4) is 0 Å². The Morgan fingerprint density at radius 2 is 1.68 bits per heavy atom. The molecule has 0 N–H and O–H groups in total. The maximum atomic E-state index is 12.3. The van der Waals surface area contributed by atoms with Gasteiger partial charge in [0.05, 0.1) is 12.8 Å². The van der Waals surface area contributed by atoms with Crippen LogP contribution in [0.1, 0.15) is 18.1 Å². The number of carbonyl (C=O) groups is 2. The number of ether oxygens (including phenoxy) is 2. The number of hydrogen-bond donors (Lipinski definition) is 0. The molecule has 0 heterocycles. The highest BCUT2D eigenvalue weighted by Crippen LogP contribution is 2.27. The summed E-state index contributed by atoms with van der Waals surface area (Å²) in [5, 5.41) is 0. The number of esters is 1. The number of rotatable bonds is 5. The van der Waals surface area contributed by atoms with Gasteiger partial charge in [-0.2, -0.15) is 0 Å². The minimum Gasteiger partial charge on any atom is -0.467 e. The van der Waals surface area contributed by atoms with E-state index in [1.54, 1.807) is 6.92 Å². The lowest BCUT2D eigenvalue weighted by Gasteiger charge is -2.30. The summed E-state index contributed by atoms with van der Waals surface area (Å²) in [5.74, 6) is -0.736. The fraction of sp³-hybridized carbons (Fsp3) is 0.467. The van der Waals surface area contributed by atoms with Crippen LogP contribution >= 0.6 is 21.7 Å². The topological polar surface area (TPSA) is 55.8 Å². The monoisotopic (exact) mass is 349 g/mol. The van der Waals surface area contributed by atoms with Crippen LogP contribution in [0.4, 0.5) is 5.69 Å². The lowest BCUT2D eigenvalue weighted by Crippen LogP contribution is -2.46. The molecule has 7 heteroatoms. The van der Waals surface area contributed by atoms with Gasteiger partial charge >= 0.3 is 5.97 Å². The predicted molar refractivity (Wildman–Crippen MR) is 88.5 cm³/mol. The third-order valence-electron chi connectivity index (χ3n) is 3.15. The van der Waals surface area contributed by atoms with Crippen LogP contribution in [0.25, 0.3) is 0 Å². The second-order valence-electron chi connectivity index (χ2n) is 4.64. The summed E-state index contributed by atoms with van der Waals surface area (Å²) < 4.78 is 9.65. The van der Waals surface area contributed by atoms with Crippen LogP contribution in [0.5, 0.6) is 0 Å². The highest BCUT2D eigenvalue weighted by molar-refractivity contribution is 6.85. The van der Waals surface area contributed by atoms with Crippen LogP contribution < -0.4 is 4.90 Å². The molecule has 0 aliphatic rings. The molecule has 0 aromatic heterocycles. The first-order valence-corrected chi connectivity index (χ1v) is 7.67. The van der Waals surface area contributed by atoms with E-state index < -0.39 is 12.0 Å².